The Bertz CT molecular complexity index is 184. The Hall–Kier alpha value is 0. The fourth-order valence-corrected chi connectivity index (χ4v) is 4.42. The predicted octanol–water partition coefficient (Wildman–Crippen LogP) is 4.39. The molecule has 0 heteroatoms. The zero-order valence-electron chi connectivity index (χ0n) is 9.53. The molecule has 2 fully saturated rings. The van der Waals surface area contributed by atoms with Crippen molar-refractivity contribution in [3.8, 4) is 0 Å². The van der Waals surface area contributed by atoms with Crippen molar-refractivity contribution in [2.75, 3.05) is 0 Å². The highest BCUT2D eigenvalue weighted by atomic mass is 14.5. The predicted molar refractivity (Wildman–Crippen MR) is 57.7 cm³/mol. The highest BCUT2D eigenvalue weighted by Crippen LogP contribution is 2.56. The maximum absolute atomic E-state index is 2.47. The summed E-state index contributed by atoms with van der Waals surface area (Å²) < 4.78 is 0. The fraction of sp³-hybridized carbons (Fsp3) is 1.00. The standard InChI is InChI=1S/C13H24/c1-11-8-12(2,3)10-13(9-11)6-4-5-7-13/h11H,4-10H2,1-3H3. The molecule has 2 saturated carbocycles. The summed E-state index contributed by atoms with van der Waals surface area (Å²) in [5.74, 6) is 0.974. The lowest BCUT2D eigenvalue weighted by molar-refractivity contribution is 0.0521. The Labute approximate surface area is 83.1 Å². The van der Waals surface area contributed by atoms with Gasteiger partial charge in [-0.1, -0.05) is 33.6 Å². The number of hydrogen-bond acceptors (Lipinski definition) is 0. The summed E-state index contributed by atoms with van der Waals surface area (Å²) in [7, 11) is 0. The summed E-state index contributed by atoms with van der Waals surface area (Å²) in [6, 6.07) is 0. The van der Waals surface area contributed by atoms with Gasteiger partial charge >= 0.3 is 0 Å². The van der Waals surface area contributed by atoms with E-state index in [0.29, 0.717) is 5.41 Å². The van der Waals surface area contributed by atoms with Crippen LogP contribution in [-0.2, 0) is 0 Å². The first-order chi connectivity index (χ1) is 6.02. The molecule has 0 N–H and O–H groups in total. The fourth-order valence-electron chi connectivity index (χ4n) is 4.42. The molecule has 0 saturated heterocycles. The molecule has 0 bridgehead atoms. The summed E-state index contributed by atoms with van der Waals surface area (Å²) in [6.07, 6.45) is 10.5. The third-order valence-corrected chi connectivity index (χ3v) is 4.20. The van der Waals surface area contributed by atoms with E-state index in [-0.39, 0.29) is 0 Å². The van der Waals surface area contributed by atoms with Crippen LogP contribution < -0.4 is 0 Å². The van der Waals surface area contributed by atoms with Crippen molar-refractivity contribution < 1.29 is 0 Å². The van der Waals surface area contributed by atoms with E-state index in [2.05, 4.69) is 20.8 Å². The van der Waals surface area contributed by atoms with Gasteiger partial charge in [0.05, 0.1) is 0 Å². The van der Waals surface area contributed by atoms with Gasteiger partial charge in [0.1, 0.15) is 0 Å². The van der Waals surface area contributed by atoms with Crippen molar-refractivity contribution >= 4 is 0 Å². The van der Waals surface area contributed by atoms with Gasteiger partial charge < -0.3 is 0 Å². The van der Waals surface area contributed by atoms with Gasteiger partial charge in [-0.15, -0.1) is 0 Å². The van der Waals surface area contributed by atoms with Gasteiger partial charge in [-0.05, 0) is 48.9 Å². The Kier molecular flexibility index (Phi) is 2.20. The molecule has 0 amide bonds. The number of rotatable bonds is 0. The van der Waals surface area contributed by atoms with E-state index in [1.54, 1.807) is 0 Å². The van der Waals surface area contributed by atoms with E-state index in [0.717, 1.165) is 11.3 Å². The second kappa shape index (κ2) is 3.00. The van der Waals surface area contributed by atoms with E-state index >= 15 is 0 Å². The molecular weight excluding hydrogens is 156 g/mol. The third-order valence-electron chi connectivity index (χ3n) is 4.20. The average molecular weight is 180 g/mol. The summed E-state index contributed by atoms with van der Waals surface area (Å²) in [5.41, 5.74) is 1.41. The molecule has 2 aliphatic carbocycles. The monoisotopic (exact) mass is 180 g/mol. The largest absolute Gasteiger partial charge is 0.0625 e. The van der Waals surface area contributed by atoms with Crippen LogP contribution in [0.5, 0.6) is 0 Å². The Morgan fingerprint density at radius 3 is 2.15 bits per heavy atom. The molecular formula is C13H24. The first-order valence-electron chi connectivity index (χ1n) is 6.02. The molecule has 0 aromatic carbocycles. The Morgan fingerprint density at radius 1 is 1.00 bits per heavy atom. The van der Waals surface area contributed by atoms with Crippen LogP contribution >= 0.6 is 0 Å². The van der Waals surface area contributed by atoms with Gasteiger partial charge in [0.25, 0.3) is 0 Å². The summed E-state index contributed by atoms with van der Waals surface area (Å²) >= 11 is 0. The van der Waals surface area contributed by atoms with Gasteiger partial charge in [0.2, 0.25) is 0 Å². The number of hydrogen-bond donors (Lipinski definition) is 0. The summed E-state index contributed by atoms with van der Waals surface area (Å²) in [4.78, 5) is 0. The Morgan fingerprint density at radius 2 is 1.62 bits per heavy atom. The molecule has 2 rings (SSSR count). The maximum Gasteiger partial charge on any atom is -0.0290 e. The molecule has 0 heterocycles. The molecule has 13 heavy (non-hydrogen) atoms. The summed E-state index contributed by atoms with van der Waals surface area (Å²) in [6.45, 7) is 7.41. The van der Waals surface area contributed by atoms with Crippen LogP contribution in [0.1, 0.15) is 65.7 Å². The minimum atomic E-state index is 0.627. The second-order valence-corrected chi connectivity index (χ2v) is 6.56. The normalized spacial score (nSPS) is 36.7. The Balaban J connectivity index is 2.12. The smallest absolute Gasteiger partial charge is 0.0290 e. The lowest BCUT2D eigenvalue weighted by Gasteiger charge is -2.46. The van der Waals surface area contributed by atoms with Crippen molar-refractivity contribution in [3.05, 3.63) is 0 Å². The lowest BCUT2D eigenvalue weighted by Crippen LogP contribution is -2.34. The van der Waals surface area contributed by atoms with E-state index in [9.17, 15) is 0 Å². The van der Waals surface area contributed by atoms with Crippen LogP contribution in [0.3, 0.4) is 0 Å². The van der Waals surface area contributed by atoms with Gasteiger partial charge in [0.15, 0.2) is 0 Å². The first kappa shape index (κ1) is 9.55. The van der Waals surface area contributed by atoms with Crippen LogP contribution in [0.2, 0.25) is 0 Å². The minimum Gasteiger partial charge on any atom is -0.0625 e. The zero-order chi connectivity index (χ0) is 9.53. The van der Waals surface area contributed by atoms with Crippen molar-refractivity contribution in [1.82, 2.24) is 0 Å². The molecule has 0 aliphatic heterocycles. The second-order valence-electron chi connectivity index (χ2n) is 6.56. The van der Waals surface area contributed by atoms with Gasteiger partial charge in [-0.2, -0.15) is 0 Å². The first-order valence-corrected chi connectivity index (χ1v) is 6.02. The van der Waals surface area contributed by atoms with Gasteiger partial charge in [0, 0.05) is 0 Å². The quantitative estimate of drug-likeness (QED) is 0.518. The van der Waals surface area contributed by atoms with E-state index < -0.39 is 0 Å². The zero-order valence-corrected chi connectivity index (χ0v) is 9.53. The van der Waals surface area contributed by atoms with Crippen LogP contribution in [-0.4, -0.2) is 0 Å². The lowest BCUT2D eigenvalue weighted by atomic mass is 9.59. The molecule has 0 nitrogen and oxygen atoms in total. The van der Waals surface area contributed by atoms with Crippen molar-refractivity contribution in [2.24, 2.45) is 16.7 Å². The molecule has 1 spiro atoms. The van der Waals surface area contributed by atoms with Gasteiger partial charge in [-0.25, -0.2) is 0 Å². The van der Waals surface area contributed by atoms with Crippen LogP contribution in [0.15, 0.2) is 0 Å². The molecule has 2 aliphatic rings. The molecule has 0 aromatic rings. The van der Waals surface area contributed by atoms with Crippen molar-refractivity contribution in [3.63, 3.8) is 0 Å². The van der Waals surface area contributed by atoms with Crippen LogP contribution in [0.4, 0.5) is 0 Å². The highest BCUT2D eigenvalue weighted by Gasteiger charge is 2.43. The molecule has 0 radical (unpaired) electrons. The molecule has 1 atom stereocenters. The highest BCUT2D eigenvalue weighted by molar-refractivity contribution is 4.95. The van der Waals surface area contributed by atoms with Crippen molar-refractivity contribution in [1.29, 1.82) is 0 Å². The van der Waals surface area contributed by atoms with Crippen LogP contribution in [0, 0.1) is 16.7 Å². The van der Waals surface area contributed by atoms with E-state index in [1.165, 1.54) is 44.9 Å². The molecule has 0 aromatic heterocycles. The third kappa shape index (κ3) is 1.92. The molecule has 76 valence electrons. The topological polar surface area (TPSA) is 0 Å². The average Bonchev–Trinajstić information content (AvgIpc) is 2.31. The molecule has 1 unspecified atom stereocenters. The maximum atomic E-state index is 2.47. The van der Waals surface area contributed by atoms with Crippen molar-refractivity contribution in [2.45, 2.75) is 65.7 Å². The SMILES string of the molecule is CC1CC(C)(C)CC2(CCCC2)C1. The van der Waals surface area contributed by atoms with E-state index in [4.69, 9.17) is 0 Å². The van der Waals surface area contributed by atoms with Crippen LogP contribution in [0.25, 0.3) is 0 Å². The van der Waals surface area contributed by atoms with Gasteiger partial charge in [-0.3, -0.25) is 0 Å². The summed E-state index contributed by atoms with van der Waals surface area (Å²) in [5, 5.41) is 0. The minimum absolute atomic E-state index is 0.627. The van der Waals surface area contributed by atoms with E-state index in [1.807, 2.05) is 0 Å².